The number of thiazole rings is 1. The minimum absolute atomic E-state index is 0.162. The third-order valence-corrected chi connectivity index (χ3v) is 8.60. The van der Waals surface area contributed by atoms with Crippen LogP contribution in [0.4, 0.5) is 14.5 Å². The Labute approximate surface area is 248 Å². The van der Waals surface area contributed by atoms with Crippen molar-refractivity contribution in [1.29, 1.82) is 0 Å². The summed E-state index contributed by atoms with van der Waals surface area (Å²) in [5.41, 5.74) is 5.82. The summed E-state index contributed by atoms with van der Waals surface area (Å²) in [4.78, 5) is 24.9. The number of benzene rings is 3. The number of hydrogen-bond donors (Lipinski definition) is 1. The van der Waals surface area contributed by atoms with Crippen molar-refractivity contribution >= 4 is 34.0 Å². The van der Waals surface area contributed by atoms with Gasteiger partial charge in [0.15, 0.2) is 16.8 Å². The van der Waals surface area contributed by atoms with Gasteiger partial charge in [-0.15, -0.1) is 11.3 Å². The van der Waals surface area contributed by atoms with Crippen LogP contribution in [0.25, 0.3) is 38.5 Å². The largest absolute Gasteiger partial charge is 0.508 e. The van der Waals surface area contributed by atoms with Crippen LogP contribution in [-0.4, -0.2) is 30.7 Å². The smallest absolute Gasteiger partial charge is 0.227 e. The number of halogens is 2. The maximum atomic E-state index is 14.4. The molecule has 3 aromatic carbocycles. The maximum absolute atomic E-state index is 14.4. The number of aryl methyl sites for hydroxylation is 2. The molecule has 1 N–H and O–H groups in total. The number of rotatable bonds is 5. The van der Waals surface area contributed by atoms with Crippen LogP contribution >= 0.6 is 11.3 Å². The molecule has 1 atom stereocenters. The summed E-state index contributed by atoms with van der Waals surface area (Å²) in [5.74, 6) is -0.775. The van der Waals surface area contributed by atoms with E-state index in [2.05, 4.69) is 5.16 Å². The molecule has 11 heteroatoms. The van der Waals surface area contributed by atoms with Crippen molar-refractivity contribution < 1.29 is 23.2 Å². The highest BCUT2D eigenvalue weighted by molar-refractivity contribution is 7.12. The molecule has 0 bridgehead atoms. The van der Waals surface area contributed by atoms with E-state index in [4.69, 9.17) is 14.5 Å². The number of hydrogen-bond acceptors (Lipinski definition) is 7. The first kappa shape index (κ1) is 27.0. The predicted octanol–water partition coefficient (Wildman–Crippen LogP) is 7.66. The molecule has 1 fully saturated rings. The Balaban J connectivity index is 1.42. The molecular formula is C32H25F2N5O3S. The molecule has 1 amide bonds. The van der Waals surface area contributed by atoms with Crippen molar-refractivity contribution in [2.24, 2.45) is 0 Å². The van der Waals surface area contributed by atoms with Gasteiger partial charge in [0.1, 0.15) is 17.3 Å². The minimum Gasteiger partial charge on any atom is -0.508 e. The maximum Gasteiger partial charge on any atom is 0.227 e. The Kier molecular flexibility index (Phi) is 6.54. The molecule has 43 heavy (non-hydrogen) atoms. The van der Waals surface area contributed by atoms with Crippen LogP contribution in [0.5, 0.6) is 5.75 Å². The van der Waals surface area contributed by atoms with Crippen LogP contribution in [0, 0.1) is 25.5 Å². The summed E-state index contributed by atoms with van der Waals surface area (Å²) in [5, 5.41) is 16.4. The van der Waals surface area contributed by atoms with E-state index in [9.17, 15) is 18.7 Å². The number of phenolic OH excluding ortho intramolecular Hbond substituents is 1. The van der Waals surface area contributed by atoms with Gasteiger partial charge in [0.2, 0.25) is 5.91 Å². The second-order valence-corrected chi connectivity index (χ2v) is 11.4. The van der Waals surface area contributed by atoms with Gasteiger partial charge in [-0.1, -0.05) is 11.2 Å². The van der Waals surface area contributed by atoms with Crippen LogP contribution < -0.4 is 4.90 Å². The van der Waals surface area contributed by atoms with Gasteiger partial charge < -0.3 is 14.5 Å². The van der Waals surface area contributed by atoms with Crippen molar-refractivity contribution in [3.05, 3.63) is 95.0 Å². The Morgan fingerprint density at radius 1 is 0.977 bits per heavy atom. The second kappa shape index (κ2) is 10.4. The molecule has 8 nitrogen and oxygen atoms in total. The molecule has 6 aromatic rings. The van der Waals surface area contributed by atoms with Gasteiger partial charge in [-0.25, -0.2) is 18.7 Å². The highest BCUT2D eigenvalue weighted by atomic mass is 32.1. The van der Waals surface area contributed by atoms with E-state index >= 15 is 0 Å². The molecule has 0 spiro atoms. The quantitative estimate of drug-likeness (QED) is 0.219. The number of aromatic hydroxyl groups is 1. The van der Waals surface area contributed by atoms with Crippen LogP contribution in [0.15, 0.2) is 70.6 Å². The highest BCUT2D eigenvalue weighted by Crippen LogP contribution is 2.40. The van der Waals surface area contributed by atoms with Crippen molar-refractivity contribution in [3.63, 3.8) is 0 Å². The van der Waals surface area contributed by atoms with E-state index in [0.717, 1.165) is 45.7 Å². The minimum atomic E-state index is -1.02. The molecule has 3 aromatic heterocycles. The fraction of sp³-hybridized carbons (Fsp3) is 0.188. The molecule has 216 valence electrons. The topological polar surface area (TPSA) is 97.3 Å². The molecule has 4 heterocycles. The van der Waals surface area contributed by atoms with E-state index < -0.39 is 17.7 Å². The number of imidazole rings is 1. The zero-order valence-electron chi connectivity index (χ0n) is 23.2. The number of phenols is 1. The van der Waals surface area contributed by atoms with Crippen LogP contribution in [-0.2, 0) is 4.79 Å². The number of carbonyl (C=O) groups is 1. The molecule has 0 saturated carbocycles. The van der Waals surface area contributed by atoms with Gasteiger partial charge >= 0.3 is 0 Å². The second-order valence-electron chi connectivity index (χ2n) is 10.5. The van der Waals surface area contributed by atoms with Gasteiger partial charge in [0.25, 0.3) is 0 Å². The van der Waals surface area contributed by atoms with Crippen LogP contribution in [0.2, 0.25) is 0 Å². The van der Waals surface area contributed by atoms with E-state index in [-0.39, 0.29) is 23.8 Å². The lowest BCUT2D eigenvalue weighted by molar-refractivity contribution is -0.120. The Hall–Kier alpha value is -4.90. The number of piperidine rings is 1. The number of nitrogens with zero attached hydrogens (tertiary/aromatic N) is 5. The summed E-state index contributed by atoms with van der Waals surface area (Å²) in [7, 11) is 0. The monoisotopic (exact) mass is 597 g/mol. The van der Waals surface area contributed by atoms with E-state index in [1.54, 1.807) is 24.3 Å². The molecular weight excluding hydrogens is 572 g/mol. The number of anilines is 1. The number of fused-ring (bicyclic) bond motifs is 1. The summed E-state index contributed by atoms with van der Waals surface area (Å²) >= 11 is 1.42. The van der Waals surface area contributed by atoms with Gasteiger partial charge in [-0.2, -0.15) is 0 Å². The van der Waals surface area contributed by atoms with Crippen LogP contribution in [0.1, 0.15) is 42.6 Å². The SMILES string of the molecule is Cc1noc(C)c1-c1ccc2c(c1)nc(C1CCCC(=O)N1c1ccc(F)c(F)c1)n2-c1nc(-c2ccc(O)cc2)cs1. The summed E-state index contributed by atoms with van der Waals surface area (Å²) in [6, 6.07) is 15.7. The first-order valence-corrected chi connectivity index (χ1v) is 14.6. The van der Waals surface area contributed by atoms with Crippen LogP contribution in [0.3, 0.4) is 0 Å². The normalized spacial score (nSPS) is 15.5. The summed E-state index contributed by atoms with van der Waals surface area (Å²) in [6.07, 6.45) is 1.48. The average molecular weight is 598 g/mol. The average Bonchev–Trinajstić information content (AvgIpc) is 3.71. The zero-order chi connectivity index (χ0) is 29.8. The fourth-order valence-corrected chi connectivity index (χ4v) is 6.63. The van der Waals surface area contributed by atoms with E-state index in [1.807, 2.05) is 42.0 Å². The number of aromatic nitrogens is 4. The molecule has 1 aliphatic heterocycles. The Morgan fingerprint density at radius 2 is 1.77 bits per heavy atom. The molecule has 0 radical (unpaired) electrons. The molecule has 1 aliphatic rings. The third kappa shape index (κ3) is 4.65. The predicted molar refractivity (Wildman–Crippen MR) is 159 cm³/mol. The Morgan fingerprint density at radius 3 is 2.51 bits per heavy atom. The molecule has 1 unspecified atom stereocenters. The van der Waals surface area contributed by atoms with Crippen molar-refractivity contribution in [2.75, 3.05) is 4.90 Å². The Bertz CT molecular complexity index is 1990. The van der Waals surface area contributed by atoms with Crippen molar-refractivity contribution in [2.45, 2.75) is 39.2 Å². The third-order valence-electron chi connectivity index (χ3n) is 7.78. The first-order chi connectivity index (χ1) is 20.8. The summed E-state index contributed by atoms with van der Waals surface area (Å²) in [6.45, 7) is 3.74. The van der Waals surface area contributed by atoms with Crippen molar-refractivity contribution in [3.8, 4) is 33.3 Å². The molecule has 1 saturated heterocycles. The summed E-state index contributed by atoms with van der Waals surface area (Å²) < 4.78 is 35.6. The fourth-order valence-electron chi connectivity index (χ4n) is 5.78. The molecule has 0 aliphatic carbocycles. The zero-order valence-corrected chi connectivity index (χ0v) is 24.0. The first-order valence-electron chi connectivity index (χ1n) is 13.8. The van der Waals surface area contributed by atoms with Gasteiger partial charge in [0, 0.05) is 34.7 Å². The lowest BCUT2D eigenvalue weighted by Crippen LogP contribution is -2.39. The van der Waals surface area contributed by atoms with E-state index in [0.29, 0.717) is 35.1 Å². The number of carbonyl (C=O) groups excluding carboxylic acids is 1. The lowest BCUT2D eigenvalue weighted by atomic mass is 9.99. The van der Waals surface area contributed by atoms with Gasteiger partial charge in [-0.3, -0.25) is 9.36 Å². The van der Waals surface area contributed by atoms with E-state index in [1.165, 1.54) is 22.3 Å². The molecule has 7 rings (SSSR count). The van der Waals surface area contributed by atoms with Gasteiger partial charge in [0.05, 0.1) is 28.5 Å². The van der Waals surface area contributed by atoms with Crippen molar-refractivity contribution in [1.82, 2.24) is 19.7 Å². The number of amides is 1. The van der Waals surface area contributed by atoms with Gasteiger partial charge in [-0.05, 0) is 80.8 Å². The lowest BCUT2D eigenvalue weighted by Gasteiger charge is -2.35. The standard InChI is InChI=1S/C32H25F2N5O3S/c1-17-30(18(2)42-37-17)20-8-13-27-25(14-20)35-31(39(27)32-36-26(16-43-32)19-6-10-22(40)11-7-19)28-4-3-5-29(41)38(28)21-9-12-23(33)24(34)15-21/h6-16,28,40H,3-5H2,1-2H3. The highest BCUT2D eigenvalue weighted by Gasteiger charge is 2.35.